The highest BCUT2D eigenvalue weighted by molar-refractivity contribution is 7.17. The molecule has 1 aromatic carbocycles. The van der Waals surface area contributed by atoms with E-state index in [9.17, 15) is 4.79 Å². The van der Waals surface area contributed by atoms with Gasteiger partial charge in [-0.3, -0.25) is 4.79 Å². The number of ketones is 1. The minimum atomic E-state index is 0.0593. The van der Waals surface area contributed by atoms with Crippen molar-refractivity contribution < 1.29 is 14.3 Å². The van der Waals surface area contributed by atoms with E-state index in [1.54, 1.807) is 21.1 Å². The average Bonchev–Trinajstić information content (AvgIpc) is 2.91. The molecule has 4 nitrogen and oxygen atoms in total. The van der Waals surface area contributed by atoms with E-state index in [0.717, 1.165) is 45.5 Å². The Morgan fingerprint density at radius 1 is 1.29 bits per heavy atom. The summed E-state index contributed by atoms with van der Waals surface area (Å²) in [6.07, 6.45) is 1.76. The van der Waals surface area contributed by atoms with Crippen LogP contribution in [0.25, 0.3) is 10.6 Å². The predicted octanol–water partition coefficient (Wildman–Crippen LogP) is 3.98. The first-order valence-electron chi connectivity index (χ1n) is 6.83. The van der Waals surface area contributed by atoms with Gasteiger partial charge in [0.2, 0.25) is 0 Å². The minimum absolute atomic E-state index is 0.0593. The molecule has 0 saturated heterocycles. The van der Waals surface area contributed by atoms with Crippen LogP contribution in [0.2, 0.25) is 0 Å². The van der Waals surface area contributed by atoms with Crippen LogP contribution in [0.1, 0.15) is 35.6 Å². The summed E-state index contributed by atoms with van der Waals surface area (Å²) in [7, 11) is 3.24. The van der Waals surface area contributed by atoms with Crippen LogP contribution in [0, 0.1) is 0 Å². The molecule has 112 valence electrons. The lowest BCUT2D eigenvalue weighted by Gasteiger charge is -2.08. The fraction of sp³-hybridized carbons (Fsp3) is 0.375. The van der Waals surface area contributed by atoms with Gasteiger partial charge in [0.15, 0.2) is 5.78 Å². The molecule has 0 saturated carbocycles. The number of carbonyl (C=O) groups is 1. The van der Waals surface area contributed by atoms with E-state index in [2.05, 4.69) is 11.9 Å². The first kappa shape index (κ1) is 15.5. The van der Waals surface area contributed by atoms with E-state index in [-0.39, 0.29) is 5.78 Å². The summed E-state index contributed by atoms with van der Waals surface area (Å²) in [6, 6.07) is 5.58. The van der Waals surface area contributed by atoms with Gasteiger partial charge in [-0.05, 0) is 24.6 Å². The zero-order chi connectivity index (χ0) is 15.4. The maximum Gasteiger partial charge on any atom is 0.171 e. The van der Waals surface area contributed by atoms with Crippen LogP contribution in [0.4, 0.5) is 0 Å². The van der Waals surface area contributed by atoms with Gasteiger partial charge in [0.05, 0.1) is 30.4 Å². The zero-order valence-electron chi connectivity index (χ0n) is 12.7. The molecule has 0 aliphatic carbocycles. The maximum atomic E-state index is 11.8. The second-order valence-corrected chi connectivity index (χ2v) is 5.67. The van der Waals surface area contributed by atoms with Crippen molar-refractivity contribution in [3.63, 3.8) is 0 Å². The molecule has 0 spiro atoms. The van der Waals surface area contributed by atoms with Crippen molar-refractivity contribution >= 4 is 17.1 Å². The molecule has 0 radical (unpaired) electrons. The SMILES string of the molecule is CCCc1nc(-c2cc(OC)ccc2OC)sc1C(C)=O. The molecule has 0 bridgehead atoms. The van der Waals surface area contributed by atoms with Crippen molar-refractivity contribution in [2.45, 2.75) is 26.7 Å². The van der Waals surface area contributed by atoms with Crippen LogP contribution >= 0.6 is 11.3 Å². The van der Waals surface area contributed by atoms with Crippen LogP contribution in [0.3, 0.4) is 0 Å². The monoisotopic (exact) mass is 305 g/mol. The molecule has 0 aliphatic heterocycles. The van der Waals surface area contributed by atoms with Crippen molar-refractivity contribution in [1.29, 1.82) is 0 Å². The second kappa shape index (κ2) is 6.72. The number of nitrogens with zero attached hydrogens (tertiary/aromatic N) is 1. The number of hydrogen-bond donors (Lipinski definition) is 0. The highest BCUT2D eigenvalue weighted by atomic mass is 32.1. The highest BCUT2D eigenvalue weighted by Gasteiger charge is 2.18. The van der Waals surface area contributed by atoms with Crippen molar-refractivity contribution in [2.24, 2.45) is 0 Å². The standard InChI is InChI=1S/C16H19NO3S/c1-5-6-13-15(10(2)18)21-16(17-13)12-9-11(19-3)7-8-14(12)20-4/h7-9H,5-6H2,1-4H3. The Balaban J connectivity index is 2.55. The Morgan fingerprint density at radius 2 is 2.05 bits per heavy atom. The fourth-order valence-corrected chi connectivity index (χ4v) is 3.16. The molecule has 0 atom stereocenters. The normalized spacial score (nSPS) is 10.5. The maximum absolute atomic E-state index is 11.8. The number of carbonyl (C=O) groups excluding carboxylic acids is 1. The molecule has 5 heteroatoms. The Labute approximate surface area is 128 Å². The fourth-order valence-electron chi connectivity index (χ4n) is 2.13. The minimum Gasteiger partial charge on any atom is -0.497 e. The van der Waals surface area contributed by atoms with Gasteiger partial charge in [0.25, 0.3) is 0 Å². The van der Waals surface area contributed by atoms with E-state index >= 15 is 0 Å². The first-order chi connectivity index (χ1) is 10.1. The van der Waals surface area contributed by atoms with Crippen LogP contribution < -0.4 is 9.47 Å². The summed E-state index contributed by atoms with van der Waals surface area (Å²) in [4.78, 5) is 17.1. The number of benzene rings is 1. The van der Waals surface area contributed by atoms with Crippen molar-refractivity contribution in [3.8, 4) is 22.1 Å². The van der Waals surface area contributed by atoms with Crippen LogP contribution in [-0.4, -0.2) is 25.0 Å². The molecule has 0 unspecified atom stereocenters. The van der Waals surface area contributed by atoms with Crippen LogP contribution in [0.5, 0.6) is 11.5 Å². The number of aryl methyl sites for hydroxylation is 1. The highest BCUT2D eigenvalue weighted by Crippen LogP contribution is 2.37. The first-order valence-corrected chi connectivity index (χ1v) is 7.65. The summed E-state index contributed by atoms with van der Waals surface area (Å²) < 4.78 is 10.7. The number of rotatable bonds is 6. The quantitative estimate of drug-likeness (QED) is 0.757. The third-order valence-electron chi connectivity index (χ3n) is 3.14. The van der Waals surface area contributed by atoms with E-state index in [4.69, 9.17) is 9.47 Å². The Kier molecular flexibility index (Phi) is 4.96. The predicted molar refractivity (Wildman–Crippen MR) is 84.7 cm³/mol. The van der Waals surface area contributed by atoms with E-state index in [1.807, 2.05) is 18.2 Å². The number of thiazole rings is 1. The molecule has 1 aromatic heterocycles. The second-order valence-electron chi connectivity index (χ2n) is 4.67. The number of ether oxygens (including phenoxy) is 2. The summed E-state index contributed by atoms with van der Waals surface area (Å²) >= 11 is 1.41. The number of hydrogen-bond acceptors (Lipinski definition) is 5. The number of aromatic nitrogens is 1. The van der Waals surface area contributed by atoms with Gasteiger partial charge < -0.3 is 9.47 Å². The van der Waals surface area contributed by atoms with E-state index in [1.165, 1.54) is 11.3 Å². The van der Waals surface area contributed by atoms with Crippen molar-refractivity contribution in [1.82, 2.24) is 4.98 Å². The molecule has 0 fully saturated rings. The average molecular weight is 305 g/mol. The van der Waals surface area contributed by atoms with Gasteiger partial charge in [-0.1, -0.05) is 13.3 Å². The smallest absolute Gasteiger partial charge is 0.171 e. The van der Waals surface area contributed by atoms with Gasteiger partial charge in [-0.25, -0.2) is 4.98 Å². The molecule has 1 heterocycles. The molecule has 2 rings (SSSR count). The molecular weight excluding hydrogens is 286 g/mol. The van der Waals surface area contributed by atoms with Gasteiger partial charge in [0, 0.05) is 6.92 Å². The number of methoxy groups -OCH3 is 2. The molecule has 0 aliphatic rings. The summed E-state index contributed by atoms with van der Waals surface area (Å²) in [6.45, 7) is 3.66. The molecule has 2 aromatic rings. The van der Waals surface area contributed by atoms with E-state index in [0.29, 0.717) is 0 Å². The molecular formula is C16H19NO3S. The summed E-state index contributed by atoms with van der Waals surface area (Å²) in [5.74, 6) is 1.52. The van der Waals surface area contributed by atoms with Crippen LogP contribution in [0.15, 0.2) is 18.2 Å². The lowest BCUT2D eigenvalue weighted by Crippen LogP contribution is -1.95. The number of Topliss-reactive ketones (excluding diaryl/α,β-unsaturated/α-hetero) is 1. The van der Waals surface area contributed by atoms with Gasteiger partial charge >= 0.3 is 0 Å². The Bertz CT molecular complexity index is 649. The molecule has 21 heavy (non-hydrogen) atoms. The van der Waals surface area contributed by atoms with Crippen molar-refractivity contribution in [3.05, 3.63) is 28.8 Å². The van der Waals surface area contributed by atoms with Gasteiger partial charge in [-0.2, -0.15) is 0 Å². The largest absolute Gasteiger partial charge is 0.497 e. The summed E-state index contributed by atoms with van der Waals surface area (Å²) in [5, 5.41) is 0.791. The Hall–Kier alpha value is -1.88. The van der Waals surface area contributed by atoms with Crippen molar-refractivity contribution in [2.75, 3.05) is 14.2 Å². The third-order valence-corrected chi connectivity index (χ3v) is 4.37. The lowest BCUT2D eigenvalue weighted by molar-refractivity contribution is 0.102. The summed E-state index contributed by atoms with van der Waals surface area (Å²) in [5.41, 5.74) is 1.72. The lowest BCUT2D eigenvalue weighted by atomic mass is 10.2. The third kappa shape index (κ3) is 3.24. The van der Waals surface area contributed by atoms with Gasteiger partial charge in [0.1, 0.15) is 16.5 Å². The zero-order valence-corrected chi connectivity index (χ0v) is 13.5. The topological polar surface area (TPSA) is 48.4 Å². The Morgan fingerprint density at radius 3 is 2.62 bits per heavy atom. The van der Waals surface area contributed by atoms with Crippen LogP contribution in [-0.2, 0) is 6.42 Å². The molecule has 0 amide bonds. The molecule has 0 N–H and O–H groups in total. The van der Waals surface area contributed by atoms with Gasteiger partial charge in [-0.15, -0.1) is 11.3 Å². The van der Waals surface area contributed by atoms with E-state index < -0.39 is 0 Å².